The molecule has 1 aliphatic rings. The molecule has 6 heteroatoms. The molecule has 174 valence electrons. The molecule has 2 aromatic carbocycles. The monoisotopic (exact) mass is 471 g/mol. The summed E-state index contributed by atoms with van der Waals surface area (Å²) >= 11 is 1.66. The summed E-state index contributed by atoms with van der Waals surface area (Å²) in [4.78, 5) is 31.9. The molecule has 1 saturated heterocycles. The predicted molar refractivity (Wildman–Crippen MR) is 138 cm³/mol. The predicted octanol–water partition coefficient (Wildman–Crippen LogP) is 5.61. The molecule has 0 radical (unpaired) electrons. The standard InChI is InChI=1S/C28H29N3O2S/c1-19-9-7-8-12-24(19)26(32)30-15-14-29(18-20(30)2)27(33)25-17-23-13-16-34-28(23)31(25)21(3)22-10-5-4-6-11-22/h4-13,16-17,20-21H,14-15,18H2,1-3H3/t20-,21-/m1/s1. The van der Waals surface area contributed by atoms with E-state index in [1.807, 2.05) is 72.2 Å². The number of aryl methyl sites for hydroxylation is 1. The molecule has 1 aliphatic heterocycles. The van der Waals surface area contributed by atoms with Crippen LogP contribution < -0.4 is 0 Å². The highest BCUT2D eigenvalue weighted by Gasteiger charge is 2.33. The second-order valence-corrected chi connectivity index (χ2v) is 9.98. The third kappa shape index (κ3) is 3.92. The highest BCUT2D eigenvalue weighted by atomic mass is 32.1. The van der Waals surface area contributed by atoms with E-state index in [9.17, 15) is 9.59 Å². The minimum Gasteiger partial charge on any atom is -0.334 e. The maximum absolute atomic E-state index is 13.8. The van der Waals surface area contributed by atoms with Crippen LogP contribution in [0, 0.1) is 6.92 Å². The summed E-state index contributed by atoms with van der Waals surface area (Å²) in [5, 5.41) is 3.17. The van der Waals surface area contributed by atoms with Crippen LogP contribution in [0.3, 0.4) is 0 Å². The Morgan fingerprint density at radius 2 is 1.71 bits per heavy atom. The molecule has 2 atom stereocenters. The fourth-order valence-corrected chi connectivity index (χ4v) is 5.92. The fourth-order valence-electron chi connectivity index (χ4n) is 4.95. The SMILES string of the molecule is Cc1ccccc1C(=O)N1CCN(C(=O)c2cc3ccsc3n2[C@H](C)c2ccccc2)C[C@H]1C. The smallest absolute Gasteiger partial charge is 0.270 e. The lowest BCUT2D eigenvalue weighted by Crippen LogP contribution is -2.55. The molecule has 0 N–H and O–H groups in total. The number of rotatable bonds is 4. The van der Waals surface area contributed by atoms with Crippen molar-refractivity contribution >= 4 is 33.4 Å². The van der Waals surface area contributed by atoms with Crippen molar-refractivity contribution in [2.75, 3.05) is 19.6 Å². The van der Waals surface area contributed by atoms with Gasteiger partial charge in [-0.2, -0.15) is 0 Å². The third-order valence-electron chi connectivity index (χ3n) is 6.88. The van der Waals surface area contributed by atoms with Crippen molar-refractivity contribution in [1.82, 2.24) is 14.4 Å². The molecule has 3 heterocycles. The fraction of sp³-hybridized carbons (Fsp3) is 0.286. The van der Waals surface area contributed by atoms with Gasteiger partial charge < -0.3 is 14.4 Å². The zero-order chi connectivity index (χ0) is 23.8. The summed E-state index contributed by atoms with van der Waals surface area (Å²) < 4.78 is 2.17. The molecule has 34 heavy (non-hydrogen) atoms. The molecule has 0 saturated carbocycles. The summed E-state index contributed by atoms with van der Waals surface area (Å²) in [5.41, 5.74) is 3.60. The van der Waals surface area contributed by atoms with Crippen LogP contribution in [-0.4, -0.2) is 51.9 Å². The van der Waals surface area contributed by atoms with Gasteiger partial charge in [0.1, 0.15) is 10.5 Å². The van der Waals surface area contributed by atoms with Gasteiger partial charge in [0.15, 0.2) is 0 Å². The molecule has 0 spiro atoms. The Bertz CT molecular complexity index is 1340. The second-order valence-electron chi connectivity index (χ2n) is 9.08. The first-order chi connectivity index (χ1) is 16.5. The summed E-state index contributed by atoms with van der Waals surface area (Å²) in [5.74, 6) is 0.0697. The second kappa shape index (κ2) is 9.11. The largest absolute Gasteiger partial charge is 0.334 e. The van der Waals surface area contributed by atoms with Crippen molar-refractivity contribution in [3.8, 4) is 0 Å². The lowest BCUT2D eigenvalue weighted by Gasteiger charge is -2.40. The summed E-state index contributed by atoms with van der Waals surface area (Å²) in [6.45, 7) is 7.72. The van der Waals surface area contributed by atoms with Gasteiger partial charge in [-0.3, -0.25) is 9.59 Å². The summed E-state index contributed by atoms with van der Waals surface area (Å²) in [6, 6.07) is 22.1. The minimum atomic E-state index is -0.0547. The highest BCUT2D eigenvalue weighted by molar-refractivity contribution is 7.16. The Kier molecular flexibility index (Phi) is 6.00. The van der Waals surface area contributed by atoms with E-state index in [1.54, 1.807) is 11.3 Å². The minimum absolute atomic E-state index is 0.0287. The van der Waals surface area contributed by atoms with Crippen LogP contribution in [0.4, 0.5) is 0 Å². The average Bonchev–Trinajstić information content (AvgIpc) is 3.45. The van der Waals surface area contributed by atoms with Gasteiger partial charge in [0.2, 0.25) is 0 Å². The van der Waals surface area contributed by atoms with E-state index in [-0.39, 0.29) is 23.9 Å². The summed E-state index contributed by atoms with van der Waals surface area (Å²) in [6.07, 6.45) is 0. The van der Waals surface area contributed by atoms with Crippen LogP contribution in [-0.2, 0) is 0 Å². The Hall–Kier alpha value is -3.38. The van der Waals surface area contributed by atoms with Crippen molar-refractivity contribution in [2.45, 2.75) is 32.9 Å². The Morgan fingerprint density at radius 3 is 2.44 bits per heavy atom. The Balaban J connectivity index is 1.40. The molecule has 0 unspecified atom stereocenters. The molecule has 0 bridgehead atoms. The van der Waals surface area contributed by atoms with Gasteiger partial charge >= 0.3 is 0 Å². The van der Waals surface area contributed by atoms with Crippen molar-refractivity contribution in [1.29, 1.82) is 0 Å². The van der Waals surface area contributed by atoms with Crippen LogP contribution in [0.2, 0.25) is 0 Å². The number of piperazine rings is 1. The van der Waals surface area contributed by atoms with Crippen LogP contribution in [0.1, 0.15) is 51.9 Å². The van der Waals surface area contributed by atoms with Gasteiger partial charge in [-0.25, -0.2) is 0 Å². The topological polar surface area (TPSA) is 45.6 Å². The van der Waals surface area contributed by atoms with E-state index in [2.05, 4.69) is 35.1 Å². The molecule has 5 rings (SSSR count). The maximum atomic E-state index is 13.8. The molecular formula is C28H29N3O2S. The molecule has 1 fully saturated rings. The van der Waals surface area contributed by atoms with Crippen LogP contribution in [0.5, 0.6) is 0 Å². The van der Waals surface area contributed by atoms with Gasteiger partial charge in [-0.05, 0) is 55.5 Å². The van der Waals surface area contributed by atoms with E-state index in [0.717, 1.165) is 21.3 Å². The molecule has 0 aliphatic carbocycles. The Labute approximate surface area is 204 Å². The van der Waals surface area contributed by atoms with Crippen LogP contribution >= 0.6 is 11.3 Å². The zero-order valence-electron chi connectivity index (χ0n) is 19.8. The number of aromatic nitrogens is 1. The number of fused-ring (bicyclic) bond motifs is 1. The first-order valence-electron chi connectivity index (χ1n) is 11.7. The van der Waals surface area contributed by atoms with Gasteiger partial charge in [-0.1, -0.05) is 48.5 Å². The number of nitrogens with zero attached hydrogens (tertiary/aromatic N) is 3. The number of carbonyl (C=O) groups is 2. The first-order valence-corrected chi connectivity index (χ1v) is 12.6. The Morgan fingerprint density at radius 1 is 0.971 bits per heavy atom. The summed E-state index contributed by atoms with van der Waals surface area (Å²) in [7, 11) is 0. The van der Waals surface area contributed by atoms with Gasteiger partial charge in [0.05, 0.1) is 6.04 Å². The molecule has 5 nitrogen and oxygen atoms in total. The van der Waals surface area contributed by atoms with Crippen LogP contribution in [0.15, 0.2) is 72.1 Å². The molecular weight excluding hydrogens is 442 g/mol. The number of thiophene rings is 1. The van der Waals surface area contributed by atoms with E-state index >= 15 is 0 Å². The number of carbonyl (C=O) groups excluding carboxylic acids is 2. The zero-order valence-corrected chi connectivity index (χ0v) is 20.6. The number of amides is 2. The highest BCUT2D eigenvalue weighted by Crippen LogP contribution is 2.32. The average molecular weight is 472 g/mol. The third-order valence-corrected chi connectivity index (χ3v) is 7.81. The van der Waals surface area contributed by atoms with E-state index in [0.29, 0.717) is 25.3 Å². The van der Waals surface area contributed by atoms with Gasteiger partial charge in [0, 0.05) is 36.6 Å². The first kappa shape index (κ1) is 22.4. The van der Waals surface area contributed by atoms with Crippen molar-refractivity contribution in [3.63, 3.8) is 0 Å². The van der Waals surface area contributed by atoms with E-state index < -0.39 is 0 Å². The quantitative estimate of drug-likeness (QED) is 0.389. The number of benzene rings is 2. The number of hydrogen-bond acceptors (Lipinski definition) is 3. The van der Waals surface area contributed by atoms with Gasteiger partial charge in [0.25, 0.3) is 11.8 Å². The van der Waals surface area contributed by atoms with E-state index in [4.69, 9.17) is 0 Å². The maximum Gasteiger partial charge on any atom is 0.270 e. The van der Waals surface area contributed by atoms with Crippen LogP contribution in [0.25, 0.3) is 10.2 Å². The normalized spacial score (nSPS) is 17.2. The lowest BCUT2D eigenvalue weighted by molar-refractivity contribution is 0.0408. The van der Waals surface area contributed by atoms with Gasteiger partial charge in [-0.15, -0.1) is 11.3 Å². The van der Waals surface area contributed by atoms with Crippen molar-refractivity contribution in [2.24, 2.45) is 0 Å². The molecule has 4 aromatic rings. The lowest BCUT2D eigenvalue weighted by atomic mass is 10.1. The number of hydrogen-bond donors (Lipinski definition) is 0. The van der Waals surface area contributed by atoms with Crippen molar-refractivity contribution < 1.29 is 9.59 Å². The molecule has 2 aromatic heterocycles. The molecule has 2 amide bonds. The van der Waals surface area contributed by atoms with E-state index in [1.165, 1.54) is 5.56 Å². The van der Waals surface area contributed by atoms with Crippen molar-refractivity contribution in [3.05, 3.63) is 94.5 Å².